The number of carbonyl (C=O) groups excluding carboxylic acids is 1. The molecule has 0 bridgehead atoms. The summed E-state index contributed by atoms with van der Waals surface area (Å²) in [5, 5.41) is 6.44. The standard InChI is InChI=1S/C13H8BrN3O3/c14-11-2-1-10(19-11)13(18)16-12-7-9(17-20-12)8-3-5-15-6-4-8/h1-7H,(H,16,18). The number of anilines is 1. The highest BCUT2D eigenvalue weighted by Crippen LogP contribution is 2.22. The smallest absolute Gasteiger partial charge is 0.293 e. The first-order chi connectivity index (χ1) is 9.72. The molecule has 7 heteroatoms. The van der Waals surface area contributed by atoms with E-state index >= 15 is 0 Å². The van der Waals surface area contributed by atoms with Gasteiger partial charge in [-0.1, -0.05) is 5.16 Å². The van der Waals surface area contributed by atoms with E-state index in [0.717, 1.165) is 5.56 Å². The van der Waals surface area contributed by atoms with Gasteiger partial charge in [-0.05, 0) is 40.2 Å². The van der Waals surface area contributed by atoms with Crippen LogP contribution in [0.1, 0.15) is 10.6 Å². The largest absolute Gasteiger partial charge is 0.444 e. The van der Waals surface area contributed by atoms with Gasteiger partial charge >= 0.3 is 0 Å². The topological polar surface area (TPSA) is 81.2 Å². The van der Waals surface area contributed by atoms with Gasteiger partial charge in [0.15, 0.2) is 10.4 Å². The number of aromatic nitrogens is 2. The molecule has 3 aromatic heterocycles. The van der Waals surface area contributed by atoms with E-state index in [9.17, 15) is 4.79 Å². The van der Waals surface area contributed by atoms with Crippen molar-refractivity contribution in [1.82, 2.24) is 10.1 Å². The molecule has 0 atom stereocenters. The van der Waals surface area contributed by atoms with Gasteiger partial charge in [-0.25, -0.2) is 0 Å². The summed E-state index contributed by atoms with van der Waals surface area (Å²) in [5.74, 6) is 0.0150. The van der Waals surface area contributed by atoms with E-state index in [4.69, 9.17) is 8.94 Å². The first kappa shape index (κ1) is 12.6. The van der Waals surface area contributed by atoms with E-state index in [0.29, 0.717) is 10.4 Å². The van der Waals surface area contributed by atoms with Crippen LogP contribution in [-0.2, 0) is 0 Å². The lowest BCUT2D eigenvalue weighted by atomic mass is 10.2. The SMILES string of the molecule is O=C(Nc1cc(-c2ccncc2)no1)c1ccc(Br)o1. The second kappa shape index (κ2) is 5.30. The average Bonchev–Trinajstić information content (AvgIpc) is 3.09. The van der Waals surface area contributed by atoms with Gasteiger partial charge in [0.25, 0.3) is 5.91 Å². The molecule has 1 amide bonds. The molecule has 0 aliphatic carbocycles. The van der Waals surface area contributed by atoms with Crippen LogP contribution in [0.4, 0.5) is 5.88 Å². The number of amides is 1. The summed E-state index contributed by atoms with van der Waals surface area (Å²) in [6, 6.07) is 8.42. The summed E-state index contributed by atoms with van der Waals surface area (Å²) >= 11 is 3.13. The molecule has 0 spiro atoms. The maximum Gasteiger partial charge on any atom is 0.293 e. The van der Waals surface area contributed by atoms with Crippen LogP contribution >= 0.6 is 15.9 Å². The van der Waals surface area contributed by atoms with Crippen molar-refractivity contribution < 1.29 is 13.7 Å². The number of rotatable bonds is 3. The highest BCUT2D eigenvalue weighted by atomic mass is 79.9. The minimum atomic E-state index is -0.409. The Morgan fingerprint density at radius 3 is 2.70 bits per heavy atom. The summed E-state index contributed by atoms with van der Waals surface area (Å²) in [7, 11) is 0. The predicted octanol–water partition coefficient (Wildman–Crippen LogP) is 3.34. The lowest BCUT2D eigenvalue weighted by molar-refractivity contribution is 0.0992. The van der Waals surface area contributed by atoms with Crippen LogP contribution < -0.4 is 5.32 Å². The van der Waals surface area contributed by atoms with Gasteiger partial charge in [0, 0.05) is 24.0 Å². The Balaban J connectivity index is 1.76. The number of nitrogens with one attached hydrogen (secondary N) is 1. The van der Waals surface area contributed by atoms with Crippen LogP contribution in [0.15, 0.2) is 56.3 Å². The predicted molar refractivity (Wildman–Crippen MR) is 74.1 cm³/mol. The van der Waals surface area contributed by atoms with E-state index in [1.807, 2.05) is 0 Å². The molecular formula is C13H8BrN3O3. The highest BCUT2D eigenvalue weighted by molar-refractivity contribution is 9.10. The van der Waals surface area contributed by atoms with Crippen LogP contribution in [0.25, 0.3) is 11.3 Å². The molecule has 0 unspecified atom stereocenters. The number of hydrogen-bond donors (Lipinski definition) is 1. The molecule has 3 rings (SSSR count). The third-order valence-electron chi connectivity index (χ3n) is 2.52. The van der Waals surface area contributed by atoms with Crippen LogP contribution in [0.3, 0.4) is 0 Å². The Labute approximate surface area is 121 Å². The molecule has 0 saturated heterocycles. The molecule has 1 N–H and O–H groups in total. The Hall–Kier alpha value is -2.41. The maximum atomic E-state index is 11.8. The van der Waals surface area contributed by atoms with E-state index in [1.54, 1.807) is 42.7 Å². The van der Waals surface area contributed by atoms with Crippen molar-refractivity contribution in [3.8, 4) is 11.3 Å². The van der Waals surface area contributed by atoms with Gasteiger partial charge in [0.2, 0.25) is 5.88 Å². The van der Waals surface area contributed by atoms with Crippen molar-refractivity contribution >= 4 is 27.7 Å². The second-order valence-electron chi connectivity index (χ2n) is 3.87. The van der Waals surface area contributed by atoms with Crippen LogP contribution in [0.5, 0.6) is 0 Å². The third-order valence-corrected chi connectivity index (χ3v) is 2.95. The molecule has 100 valence electrons. The Morgan fingerprint density at radius 2 is 2.00 bits per heavy atom. The maximum absolute atomic E-state index is 11.8. The zero-order chi connectivity index (χ0) is 13.9. The quantitative estimate of drug-likeness (QED) is 0.794. The summed E-state index contributed by atoms with van der Waals surface area (Å²) in [4.78, 5) is 15.8. The molecule has 0 radical (unpaired) electrons. The number of hydrogen-bond acceptors (Lipinski definition) is 5. The number of carbonyl (C=O) groups is 1. The second-order valence-corrected chi connectivity index (χ2v) is 4.65. The molecular weight excluding hydrogens is 326 g/mol. The summed E-state index contributed by atoms with van der Waals surface area (Å²) in [6.07, 6.45) is 3.31. The van der Waals surface area contributed by atoms with Gasteiger partial charge < -0.3 is 8.94 Å². The van der Waals surface area contributed by atoms with Gasteiger partial charge in [0.1, 0.15) is 5.69 Å². The van der Waals surface area contributed by atoms with Crippen LogP contribution in [0.2, 0.25) is 0 Å². The molecule has 6 nitrogen and oxygen atoms in total. The fourth-order valence-corrected chi connectivity index (χ4v) is 1.91. The fourth-order valence-electron chi connectivity index (χ4n) is 1.60. The van der Waals surface area contributed by atoms with Gasteiger partial charge in [-0.2, -0.15) is 0 Å². The first-order valence-electron chi connectivity index (χ1n) is 5.66. The lowest BCUT2D eigenvalue weighted by Gasteiger charge is -1.96. The molecule has 3 heterocycles. The van der Waals surface area contributed by atoms with E-state index in [2.05, 4.69) is 31.4 Å². The van der Waals surface area contributed by atoms with Gasteiger partial charge in [-0.15, -0.1) is 0 Å². The number of halogens is 1. The van der Waals surface area contributed by atoms with Gasteiger partial charge in [-0.3, -0.25) is 15.1 Å². The number of nitrogens with zero attached hydrogens (tertiary/aromatic N) is 2. The number of pyridine rings is 1. The van der Waals surface area contributed by atoms with Crippen molar-refractivity contribution in [2.75, 3.05) is 5.32 Å². The summed E-state index contributed by atoms with van der Waals surface area (Å²) in [6.45, 7) is 0. The highest BCUT2D eigenvalue weighted by Gasteiger charge is 2.14. The zero-order valence-electron chi connectivity index (χ0n) is 10.0. The molecule has 0 fully saturated rings. The zero-order valence-corrected chi connectivity index (χ0v) is 11.6. The van der Waals surface area contributed by atoms with Crippen LogP contribution in [0, 0.1) is 0 Å². The molecule has 0 aliphatic heterocycles. The first-order valence-corrected chi connectivity index (χ1v) is 6.45. The van der Waals surface area contributed by atoms with E-state index in [-0.39, 0.29) is 11.6 Å². The van der Waals surface area contributed by atoms with Crippen molar-refractivity contribution in [3.63, 3.8) is 0 Å². The van der Waals surface area contributed by atoms with E-state index in [1.165, 1.54) is 0 Å². The average molecular weight is 334 g/mol. The third kappa shape index (κ3) is 2.62. The van der Waals surface area contributed by atoms with Crippen molar-refractivity contribution in [2.24, 2.45) is 0 Å². The molecule has 0 saturated carbocycles. The van der Waals surface area contributed by atoms with Crippen molar-refractivity contribution in [2.45, 2.75) is 0 Å². The van der Waals surface area contributed by atoms with Crippen molar-refractivity contribution in [3.05, 3.63) is 53.2 Å². The van der Waals surface area contributed by atoms with Gasteiger partial charge in [0.05, 0.1) is 0 Å². The van der Waals surface area contributed by atoms with E-state index < -0.39 is 5.91 Å². The minimum Gasteiger partial charge on any atom is -0.444 e. The Bertz CT molecular complexity index is 736. The molecule has 0 aromatic carbocycles. The minimum absolute atomic E-state index is 0.179. The summed E-state index contributed by atoms with van der Waals surface area (Å²) < 4.78 is 10.7. The normalized spacial score (nSPS) is 10.4. The molecule has 3 aromatic rings. The van der Waals surface area contributed by atoms with Crippen molar-refractivity contribution in [1.29, 1.82) is 0 Å². The fraction of sp³-hybridized carbons (Fsp3) is 0. The summed E-state index contributed by atoms with van der Waals surface area (Å²) in [5.41, 5.74) is 1.47. The molecule has 20 heavy (non-hydrogen) atoms. The Kier molecular flexibility index (Phi) is 3.34. The number of furan rings is 1. The molecule has 0 aliphatic rings. The monoisotopic (exact) mass is 333 g/mol. The Morgan fingerprint density at radius 1 is 1.20 bits per heavy atom. The van der Waals surface area contributed by atoms with Crippen LogP contribution in [-0.4, -0.2) is 16.0 Å². The lowest BCUT2D eigenvalue weighted by Crippen LogP contribution is -2.09.